The van der Waals surface area contributed by atoms with Crippen molar-refractivity contribution in [3.05, 3.63) is 59.7 Å². The number of benzene rings is 2. The molecule has 2 fully saturated rings. The van der Waals surface area contributed by atoms with Crippen LogP contribution >= 0.6 is 0 Å². The molecule has 2 saturated heterocycles. The Bertz CT molecular complexity index is 1310. The number of epoxide rings is 1. The molecule has 4 atom stereocenters. The fourth-order valence-corrected chi connectivity index (χ4v) is 5.26. The molecule has 2 aromatic rings. The summed E-state index contributed by atoms with van der Waals surface area (Å²) in [6, 6.07) is 13.0. The second kappa shape index (κ2) is 15.3. The first-order chi connectivity index (χ1) is 21.1. The lowest BCUT2D eigenvalue weighted by Crippen LogP contribution is -2.50. The summed E-state index contributed by atoms with van der Waals surface area (Å²) in [5.41, 5.74) is 0.640. The molecule has 2 N–H and O–H groups in total. The topological polar surface area (TPSA) is 136 Å². The molecule has 0 radical (unpaired) electrons. The molecular weight excluding hydrogens is 566 g/mol. The van der Waals surface area contributed by atoms with Crippen molar-refractivity contribution in [1.82, 2.24) is 15.5 Å². The molecule has 0 saturated carbocycles. The van der Waals surface area contributed by atoms with Gasteiger partial charge in [-0.1, -0.05) is 36.4 Å². The maximum atomic E-state index is 13.9. The highest BCUT2D eigenvalue weighted by Crippen LogP contribution is 2.30. The first-order valence-electron chi connectivity index (χ1n) is 15.0. The van der Waals surface area contributed by atoms with Crippen LogP contribution in [0.25, 0.3) is 0 Å². The van der Waals surface area contributed by atoms with Crippen LogP contribution in [-0.4, -0.2) is 99.6 Å². The van der Waals surface area contributed by atoms with Crippen LogP contribution in [0, 0.1) is 5.92 Å². The van der Waals surface area contributed by atoms with Crippen LogP contribution in [0.1, 0.15) is 31.4 Å². The van der Waals surface area contributed by atoms with Crippen LogP contribution < -0.4 is 20.1 Å². The molecule has 0 aliphatic carbocycles. The molecule has 2 amide bonds. The van der Waals surface area contributed by atoms with Crippen molar-refractivity contribution >= 4 is 23.4 Å². The second-order valence-electron chi connectivity index (χ2n) is 11.6. The van der Waals surface area contributed by atoms with E-state index in [0.29, 0.717) is 50.0 Å². The molecule has 0 bridgehead atoms. The minimum absolute atomic E-state index is 0.153. The monoisotopic (exact) mass is 609 g/mol. The summed E-state index contributed by atoms with van der Waals surface area (Å²) < 4.78 is 21.6. The third-order valence-electron chi connectivity index (χ3n) is 8.12. The molecule has 0 aromatic heterocycles. The first-order valence-corrected chi connectivity index (χ1v) is 15.0. The van der Waals surface area contributed by atoms with Crippen molar-refractivity contribution in [3.63, 3.8) is 0 Å². The molecule has 11 nitrogen and oxygen atoms in total. The van der Waals surface area contributed by atoms with Crippen molar-refractivity contribution in [3.8, 4) is 11.5 Å². The van der Waals surface area contributed by atoms with E-state index in [-0.39, 0.29) is 43.3 Å². The van der Waals surface area contributed by atoms with E-state index >= 15 is 0 Å². The summed E-state index contributed by atoms with van der Waals surface area (Å²) in [5, 5.41) is 5.72. The lowest BCUT2D eigenvalue weighted by Gasteiger charge is -2.27. The Labute approximate surface area is 258 Å². The number of Topliss-reactive ketones (excluding diaryl/α,β-unsaturated/α-hetero) is 2. The van der Waals surface area contributed by atoms with Gasteiger partial charge in [0.05, 0.1) is 52.7 Å². The number of nitrogens with zero attached hydrogens (tertiary/aromatic N) is 1. The van der Waals surface area contributed by atoms with E-state index < -0.39 is 29.5 Å². The molecule has 4 rings (SSSR count). The first kappa shape index (κ1) is 33.1. The van der Waals surface area contributed by atoms with Gasteiger partial charge in [-0.3, -0.25) is 24.1 Å². The van der Waals surface area contributed by atoms with Crippen LogP contribution in [0.4, 0.5) is 0 Å². The van der Waals surface area contributed by atoms with Gasteiger partial charge in [-0.25, -0.2) is 0 Å². The Hall–Kier alpha value is -3.80. The Morgan fingerprint density at radius 1 is 0.977 bits per heavy atom. The van der Waals surface area contributed by atoms with Gasteiger partial charge in [0.25, 0.3) is 0 Å². The molecule has 0 spiro atoms. The number of carbonyl (C=O) groups excluding carboxylic acids is 4. The van der Waals surface area contributed by atoms with Crippen molar-refractivity contribution in [1.29, 1.82) is 0 Å². The minimum Gasteiger partial charge on any atom is -0.497 e. The fourth-order valence-electron chi connectivity index (χ4n) is 5.26. The predicted molar refractivity (Wildman–Crippen MR) is 163 cm³/mol. The highest BCUT2D eigenvalue weighted by molar-refractivity contribution is 5.98. The van der Waals surface area contributed by atoms with Gasteiger partial charge in [-0.15, -0.1) is 0 Å². The van der Waals surface area contributed by atoms with E-state index in [9.17, 15) is 19.2 Å². The number of morpholine rings is 1. The molecule has 2 aliphatic heterocycles. The number of rotatable bonds is 16. The number of nitrogens with one attached hydrogen (secondary N) is 2. The third-order valence-corrected chi connectivity index (χ3v) is 8.12. The number of ether oxygens (including phenoxy) is 4. The van der Waals surface area contributed by atoms with Crippen molar-refractivity contribution in [2.75, 3.05) is 53.7 Å². The highest BCUT2D eigenvalue weighted by atomic mass is 16.6. The van der Waals surface area contributed by atoms with Crippen molar-refractivity contribution in [2.45, 2.75) is 50.8 Å². The zero-order chi connectivity index (χ0) is 31.7. The molecule has 238 valence electrons. The SMILES string of the molecule is COc1ccc(CC(CC(=O)C(C)NC(=O)CN2CCOCC2)C(=O)NC(Cc2ccccc2)C(=O)C2(C)CO2)c(OC)c1. The summed E-state index contributed by atoms with van der Waals surface area (Å²) in [5.74, 6) is -0.967. The molecule has 2 heterocycles. The highest BCUT2D eigenvalue weighted by Gasteiger charge is 2.50. The smallest absolute Gasteiger partial charge is 0.234 e. The Balaban J connectivity index is 1.51. The molecule has 4 unspecified atom stereocenters. The van der Waals surface area contributed by atoms with E-state index in [1.165, 1.54) is 7.11 Å². The number of hydrogen-bond donors (Lipinski definition) is 2. The lowest BCUT2D eigenvalue weighted by atomic mass is 9.89. The molecule has 44 heavy (non-hydrogen) atoms. The molecular formula is C33H43N3O8. The van der Waals surface area contributed by atoms with Crippen LogP contribution in [0.2, 0.25) is 0 Å². The van der Waals surface area contributed by atoms with Gasteiger partial charge in [0.15, 0.2) is 11.6 Å². The zero-order valence-corrected chi connectivity index (χ0v) is 25.9. The second-order valence-corrected chi connectivity index (χ2v) is 11.6. The van der Waals surface area contributed by atoms with E-state index in [1.807, 2.05) is 35.2 Å². The molecule has 2 aromatic carbocycles. The van der Waals surface area contributed by atoms with Gasteiger partial charge in [0, 0.05) is 31.5 Å². The average molecular weight is 610 g/mol. The number of amides is 2. The van der Waals surface area contributed by atoms with Crippen LogP contribution in [0.5, 0.6) is 11.5 Å². The van der Waals surface area contributed by atoms with E-state index in [0.717, 1.165) is 5.56 Å². The zero-order valence-electron chi connectivity index (χ0n) is 25.9. The third kappa shape index (κ3) is 9.10. The van der Waals surface area contributed by atoms with E-state index in [4.69, 9.17) is 18.9 Å². The van der Waals surface area contributed by atoms with Crippen LogP contribution in [0.3, 0.4) is 0 Å². The minimum atomic E-state index is -0.948. The molecule has 2 aliphatic rings. The van der Waals surface area contributed by atoms with Crippen LogP contribution in [0.15, 0.2) is 48.5 Å². The normalized spacial score (nSPS) is 20.1. The van der Waals surface area contributed by atoms with E-state index in [1.54, 1.807) is 39.2 Å². The summed E-state index contributed by atoms with van der Waals surface area (Å²) in [4.78, 5) is 55.5. The van der Waals surface area contributed by atoms with Gasteiger partial charge in [-0.2, -0.15) is 0 Å². The van der Waals surface area contributed by atoms with Crippen molar-refractivity contribution in [2.24, 2.45) is 5.92 Å². The number of ketones is 2. The van der Waals surface area contributed by atoms with Crippen LogP contribution in [-0.2, 0) is 41.5 Å². The van der Waals surface area contributed by atoms with Gasteiger partial charge >= 0.3 is 0 Å². The summed E-state index contributed by atoms with van der Waals surface area (Å²) in [7, 11) is 3.07. The Morgan fingerprint density at radius 3 is 2.32 bits per heavy atom. The number of hydrogen-bond acceptors (Lipinski definition) is 9. The largest absolute Gasteiger partial charge is 0.497 e. The van der Waals surface area contributed by atoms with E-state index in [2.05, 4.69) is 10.6 Å². The fraction of sp³-hybridized carbons (Fsp3) is 0.515. The number of methoxy groups -OCH3 is 2. The van der Waals surface area contributed by atoms with Crippen molar-refractivity contribution < 1.29 is 38.1 Å². The van der Waals surface area contributed by atoms with Gasteiger partial charge in [-0.05, 0) is 43.9 Å². The summed E-state index contributed by atoms with van der Waals surface area (Å²) >= 11 is 0. The standard InChI is InChI=1S/C33H43N3O8/c1-22(34-30(38)20-36-12-14-43-15-13-36)28(37)18-25(17-24-10-11-26(41-3)19-29(24)42-4)32(40)35-27(31(39)33(2)21-44-33)16-23-8-6-5-7-9-23/h5-11,19,22,25,27H,12-18,20-21H2,1-4H3,(H,34,38)(H,35,40). The Kier molecular flexibility index (Phi) is 11.5. The predicted octanol–water partition coefficient (Wildman–Crippen LogP) is 1.74. The van der Waals surface area contributed by atoms with Gasteiger partial charge in [0.1, 0.15) is 17.1 Å². The van der Waals surface area contributed by atoms with Gasteiger partial charge in [0.2, 0.25) is 11.8 Å². The molecule has 11 heteroatoms. The number of carbonyl (C=O) groups is 4. The maximum absolute atomic E-state index is 13.9. The quantitative estimate of drug-likeness (QED) is 0.273. The van der Waals surface area contributed by atoms with Gasteiger partial charge < -0.3 is 29.6 Å². The Morgan fingerprint density at radius 2 is 1.68 bits per heavy atom. The average Bonchev–Trinajstić information content (AvgIpc) is 3.79. The maximum Gasteiger partial charge on any atom is 0.234 e. The summed E-state index contributed by atoms with van der Waals surface area (Å²) in [6.45, 7) is 6.21. The summed E-state index contributed by atoms with van der Waals surface area (Å²) in [6.07, 6.45) is 0.296. The lowest BCUT2D eigenvalue weighted by molar-refractivity contribution is -0.134.